The molecule has 0 aliphatic rings. The molecule has 0 amide bonds. The van der Waals surface area contributed by atoms with E-state index in [4.69, 9.17) is 4.74 Å². The average Bonchev–Trinajstić information content (AvgIpc) is 2.77. The van der Waals surface area contributed by atoms with Crippen molar-refractivity contribution in [1.82, 2.24) is 0 Å². The normalized spacial score (nSPS) is 11.8. The van der Waals surface area contributed by atoms with Gasteiger partial charge in [-0.3, -0.25) is 0 Å². The third kappa shape index (κ3) is 5.60. The number of ether oxygens (including phenoxy) is 1. The molecule has 0 N–H and O–H groups in total. The molecule has 0 atom stereocenters. The topological polar surface area (TPSA) is 26.3 Å². The van der Waals surface area contributed by atoms with E-state index in [1.807, 2.05) is 30.3 Å². The van der Waals surface area contributed by atoms with Gasteiger partial charge in [-0.05, 0) is 52.3 Å². The Balaban J connectivity index is 2.15. The van der Waals surface area contributed by atoms with E-state index in [1.54, 1.807) is 0 Å². The van der Waals surface area contributed by atoms with E-state index in [0.717, 1.165) is 41.2 Å². The van der Waals surface area contributed by atoms with Crippen LogP contribution in [0.5, 0.6) is 0 Å². The predicted octanol–water partition coefficient (Wildman–Crippen LogP) is 7.77. The van der Waals surface area contributed by atoms with E-state index < -0.39 is 0 Å². The van der Waals surface area contributed by atoms with E-state index in [2.05, 4.69) is 63.2 Å². The maximum absolute atomic E-state index is 13.1. The van der Waals surface area contributed by atoms with Gasteiger partial charge in [-0.15, -0.1) is 0 Å². The van der Waals surface area contributed by atoms with Crippen molar-refractivity contribution >= 4 is 28.4 Å². The molecule has 0 bridgehead atoms. The molecule has 0 fully saturated rings. The SMILES string of the molecule is CCCCC/C(=C/c1ccccc1)c1c(C(=O)OCC(C)C)ccc2ccccc12. The highest BCUT2D eigenvalue weighted by molar-refractivity contribution is 6.07. The Hall–Kier alpha value is -2.87. The van der Waals surface area contributed by atoms with Gasteiger partial charge in [0.05, 0.1) is 12.2 Å². The van der Waals surface area contributed by atoms with Crippen LogP contribution in [0.25, 0.3) is 22.4 Å². The van der Waals surface area contributed by atoms with Crippen molar-refractivity contribution in [1.29, 1.82) is 0 Å². The van der Waals surface area contributed by atoms with Crippen LogP contribution in [0, 0.1) is 5.92 Å². The highest BCUT2D eigenvalue weighted by Gasteiger charge is 2.19. The van der Waals surface area contributed by atoms with Crippen LogP contribution in [-0.4, -0.2) is 12.6 Å². The second kappa shape index (κ2) is 10.8. The van der Waals surface area contributed by atoms with E-state index in [-0.39, 0.29) is 5.97 Å². The van der Waals surface area contributed by atoms with Crippen LogP contribution in [0.15, 0.2) is 66.7 Å². The molecular weight excluding hydrogens is 368 g/mol. The number of allylic oxidation sites excluding steroid dienone is 1. The molecule has 2 nitrogen and oxygen atoms in total. The summed E-state index contributed by atoms with van der Waals surface area (Å²) in [6, 6.07) is 22.6. The molecule has 0 aliphatic heterocycles. The fraction of sp³-hybridized carbons (Fsp3) is 0.321. The van der Waals surface area contributed by atoms with E-state index in [1.165, 1.54) is 12.0 Å². The Kier molecular flexibility index (Phi) is 7.84. The number of carbonyl (C=O) groups excluding carboxylic acids is 1. The summed E-state index contributed by atoms with van der Waals surface area (Å²) in [4.78, 5) is 13.1. The molecule has 0 radical (unpaired) electrons. The predicted molar refractivity (Wildman–Crippen MR) is 128 cm³/mol. The lowest BCUT2D eigenvalue weighted by atomic mass is 9.89. The van der Waals surface area contributed by atoms with Crippen LogP contribution < -0.4 is 0 Å². The third-order valence-corrected chi connectivity index (χ3v) is 5.21. The van der Waals surface area contributed by atoms with Crippen molar-refractivity contribution in [3.8, 4) is 0 Å². The van der Waals surface area contributed by atoms with E-state index >= 15 is 0 Å². The number of benzene rings is 3. The summed E-state index contributed by atoms with van der Waals surface area (Å²) in [6.07, 6.45) is 6.60. The second-order valence-corrected chi connectivity index (χ2v) is 8.24. The fourth-order valence-corrected chi connectivity index (χ4v) is 3.69. The van der Waals surface area contributed by atoms with Crippen LogP contribution in [0.2, 0.25) is 0 Å². The lowest BCUT2D eigenvalue weighted by Crippen LogP contribution is -2.12. The summed E-state index contributed by atoms with van der Waals surface area (Å²) in [7, 11) is 0. The van der Waals surface area contributed by atoms with Gasteiger partial charge in [0.25, 0.3) is 0 Å². The molecule has 0 unspecified atom stereocenters. The molecular formula is C28H32O2. The summed E-state index contributed by atoms with van der Waals surface area (Å²) in [5.41, 5.74) is 4.02. The number of rotatable bonds is 9. The van der Waals surface area contributed by atoms with Gasteiger partial charge in [-0.2, -0.15) is 0 Å². The number of unbranched alkanes of at least 4 members (excludes halogenated alkanes) is 2. The Morgan fingerprint density at radius 3 is 2.40 bits per heavy atom. The van der Waals surface area contributed by atoms with Gasteiger partial charge in [0.15, 0.2) is 0 Å². The minimum absolute atomic E-state index is 0.237. The molecule has 3 aromatic rings. The Morgan fingerprint density at radius 1 is 0.933 bits per heavy atom. The summed E-state index contributed by atoms with van der Waals surface area (Å²) < 4.78 is 5.64. The van der Waals surface area contributed by atoms with Crippen LogP contribution in [0.3, 0.4) is 0 Å². The molecule has 0 saturated heterocycles. The van der Waals surface area contributed by atoms with Crippen molar-refractivity contribution in [2.75, 3.05) is 6.61 Å². The number of fused-ring (bicyclic) bond motifs is 1. The zero-order valence-electron chi connectivity index (χ0n) is 18.4. The van der Waals surface area contributed by atoms with Gasteiger partial charge in [-0.25, -0.2) is 4.79 Å². The first kappa shape index (κ1) is 21.8. The first-order valence-electron chi connectivity index (χ1n) is 11.0. The van der Waals surface area contributed by atoms with Crippen LogP contribution in [-0.2, 0) is 4.74 Å². The van der Waals surface area contributed by atoms with E-state index in [0.29, 0.717) is 18.1 Å². The van der Waals surface area contributed by atoms with Gasteiger partial charge in [0.2, 0.25) is 0 Å². The van der Waals surface area contributed by atoms with Crippen molar-refractivity contribution in [3.05, 3.63) is 83.4 Å². The zero-order chi connectivity index (χ0) is 21.3. The third-order valence-electron chi connectivity index (χ3n) is 5.21. The summed E-state index contributed by atoms with van der Waals surface area (Å²) in [5.74, 6) is 0.0700. The van der Waals surface area contributed by atoms with Crippen LogP contribution in [0.1, 0.15) is 67.9 Å². The van der Waals surface area contributed by atoms with E-state index in [9.17, 15) is 4.79 Å². The maximum Gasteiger partial charge on any atom is 0.338 e. The molecule has 3 aromatic carbocycles. The van der Waals surface area contributed by atoms with Crippen molar-refractivity contribution in [3.63, 3.8) is 0 Å². The molecule has 0 spiro atoms. The minimum atomic E-state index is -0.237. The average molecular weight is 401 g/mol. The summed E-state index contributed by atoms with van der Waals surface area (Å²) in [6.45, 7) is 6.76. The number of hydrogen-bond donors (Lipinski definition) is 0. The molecule has 2 heteroatoms. The standard InChI is InChI=1S/C28H32O2/c1-4-5-7-15-24(19-22-12-8-6-9-13-22)27-25-16-11-10-14-23(25)17-18-26(27)28(29)30-20-21(2)3/h6,8-14,16-19,21H,4-5,7,15,20H2,1-3H3/b24-19-. The Bertz CT molecular complexity index is 1000. The molecule has 3 rings (SSSR count). The molecule has 30 heavy (non-hydrogen) atoms. The summed E-state index contributed by atoms with van der Waals surface area (Å²) in [5, 5.41) is 2.25. The molecule has 156 valence electrons. The monoisotopic (exact) mass is 400 g/mol. The van der Waals surface area contributed by atoms with Gasteiger partial charge in [0.1, 0.15) is 0 Å². The highest BCUT2D eigenvalue weighted by atomic mass is 16.5. The number of carbonyl (C=O) groups is 1. The van der Waals surface area contributed by atoms with Gasteiger partial charge < -0.3 is 4.74 Å². The second-order valence-electron chi connectivity index (χ2n) is 8.24. The zero-order valence-corrected chi connectivity index (χ0v) is 18.4. The van der Waals surface area contributed by atoms with Gasteiger partial charge in [0, 0.05) is 0 Å². The fourth-order valence-electron chi connectivity index (χ4n) is 3.69. The van der Waals surface area contributed by atoms with Crippen molar-refractivity contribution in [2.24, 2.45) is 5.92 Å². The highest BCUT2D eigenvalue weighted by Crippen LogP contribution is 2.34. The smallest absolute Gasteiger partial charge is 0.338 e. The lowest BCUT2D eigenvalue weighted by molar-refractivity contribution is 0.0459. The van der Waals surface area contributed by atoms with Crippen molar-refractivity contribution in [2.45, 2.75) is 46.5 Å². The Labute approximate surface area is 180 Å². The molecule has 0 aromatic heterocycles. The van der Waals surface area contributed by atoms with Crippen LogP contribution >= 0.6 is 0 Å². The number of hydrogen-bond acceptors (Lipinski definition) is 2. The van der Waals surface area contributed by atoms with Crippen LogP contribution in [0.4, 0.5) is 0 Å². The Morgan fingerprint density at radius 2 is 1.67 bits per heavy atom. The minimum Gasteiger partial charge on any atom is -0.462 e. The lowest BCUT2D eigenvalue weighted by Gasteiger charge is -2.17. The van der Waals surface area contributed by atoms with Gasteiger partial charge >= 0.3 is 5.97 Å². The molecule has 0 saturated carbocycles. The van der Waals surface area contributed by atoms with Crippen molar-refractivity contribution < 1.29 is 9.53 Å². The number of esters is 1. The van der Waals surface area contributed by atoms with Gasteiger partial charge in [-0.1, -0.05) is 100 Å². The maximum atomic E-state index is 13.1. The summed E-state index contributed by atoms with van der Waals surface area (Å²) >= 11 is 0. The molecule has 0 heterocycles. The largest absolute Gasteiger partial charge is 0.462 e. The first-order chi connectivity index (χ1) is 14.6. The quantitative estimate of drug-likeness (QED) is 0.208. The molecule has 0 aliphatic carbocycles. The first-order valence-corrected chi connectivity index (χ1v) is 11.0.